The molecule has 0 spiro atoms. The minimum Gasteiger partial charge on any atom is -0.313 e. The van der Waals surface area contributed by atoms with Crippen LogP contribution in [0.4, 0.5) is 0 Å². The summed E-state index contributed by atoms with van der Waals surface area (Å²) in [5.74, 6) is 0. The lowest BCUT2D eigenvalue weighted by molar-refractivity contribution is 0.217. The van der Waals surface area contributed by atoms with E-state index in [1.54, 1.807) is 0 Å². The smallest absolute Gasteiger partial charge is 0.0411 e. The zero-order valence-corrected chi connectivity index (χ0v) is 13.2. The third-order valence-corrected chi connectivity index (χ3v) is 5.72. The van der Waals surface area contributed by atoms with E-state index in [2.05, 4.69) is 54.5 Å². The Hall–Kier alpha value is -0.900. The third kappa shape index (κ3) is 3.05. The number of likely N-dealkylation sites (N-methyl/N-ethyl adjacent to an activating group) is 1. The molecule has 1 aromatic heterocycles. The zero-order chi connectivity index (χ0) is 13.9. The van der Waals surface area contributed by atoms with Crippen molar-refractivity contribution in [3.63, 3.8) is 0 Å². The molecule has 1 aliphatic heterocycles. The van der Waals surface area contributed by atoms with E-state index < -0.39 is 0 Å². The number of hydrogen-bond donors (Lipinski definition) is 1. The van der Waals surface area contributed by atoms with Crippen molar-refractivity contribution < 1.29 is 0 Å². The SMILES string of the molecule is CC(c1cc2ccccc2s1)N(C)CC1CCCCN1. The van der Waals surface area contributed by atoms with Gasteiger partial charge in [0.05, 0.1) is 0 Å². The fourth-order valence-electron chi connectivity index (χ4n) is 3.01. The van der Waals surface area contributed by atoms with Crippen LogP contribution in [-0.4, -0.2) is 31.1 Å². The molecule has 0 aliphatic carbocycles. The molecule has 2 nitrogen and oxygen atoms in total. The Kier molecular flexibility index (Phi) is 4.39. The highest BCUT2D eigenvalue weighted by molar-refractivity contribution is 7.19. The molecule has 0 bridgehead atoms. The first-order valence-electron chi connectivity index (χ1n) is 7.66. The summed E-state index contributed by atoms with van der Waals surface area (Å²) in [5.41, 5.74) is 0. The van der Waals surface area contributed by atoms with Crippen molar-refractivity contribution in [2.45, 2.75) is 38.3 Å². The summed E-state index contributed by atoms with van der Waals surface area (Å²) in [6.07, 6.45) is 4.04. The normalized spacial score (nSPS) is 21.4. The van der Waals surface area contributed by atoms with E-state index in [0.29, 0.717) is 12.1 Å². The second-order valence-electron chi connectivity index (χ2n) is 5.95. The molecule has 1 N–H and O–H groups in total. The second kappa shape index (κ2) is 6.25. The first-order valence-corrected chi connectivity index (χ1v) is 8.48. The number of nitrogens with one attached hydrogen (secondary N) is 1. The van der Waals surface area contributed by atoms with E-state index in [4.69, 9.17) is 0 Å². The van der Waals surface area contributed by atoms with Gasteiger partial charge in [-0.05, 0) is 50.9 Å². The average Bonchev–Trinajstić information content (AvgIpc) is 2.91. The van der Waals surface area contributed by atoms with E-state index in [1.807, 2.05) is 11.3 Å². The molecule has 0 amide bonds. The van der Waals surface area contributed by atoms with E-state index >= 15 is 0 Å². The molecular formula is C17H24N2S. The average molecular weight is 288 g/mol. The van der Waals surface area contributed by atoms with Crippen molar-refractivity contribution >= 4 is 21.4 Å². The molecule has 0 saturated carbocycles. The lowest BCUT2D eigenvalue weighted by Crippen LogP contribution is -2.42. The van der Waals surface area contributed by atoms with Crippen molar-refractivity contribution in [2.75, 3.05) is 20.1 Å². The predicted octanol–water partition coefficient (Wildman–Crippen LogP) is 4.04. The number of rotatable bonds is 4. The van der Waals surface area contributed by atoms with Crippen molar-refractivity contribution in [1.29, 1.82) is 0 Å². The van der Waals surface area contributed by atoms with Crippen LogP contribution in [0.2, 0.25) is 0 Å². The van der Waals surface area contributed by atoms with Crippen molar-refractivity contribution in [3.05, 3.63) is 35.2 Å². The molecule has 1 saturated heterocycles. The largest absolute Gasteiger partial charge is 0.313 e. The molecule has 1 fully saturated rings. The number of nitrogens with zero attached hydrogens (tertiary/aromatic N) is 1. The Morgan fingerprint density at radius 3 is 2.95 bits per heavy atom. The second-order valence-corrected chi connectivity index (χ2v) is 7.06. The van der Waals surface area contributed by atoms with Crippen LogP contribution >= 0.6 is 11.3 Å². The molecule has 2 atom stereocenters. The van der Waals surface area contributed by atoms with Crippen molar-refractivity contribution in [1.82, 2.24) is 10.2 Å². The lowest BCUT2D eigenvalue weighted by atomic mass is 10.0. The number of thiophene rings is 1. The molecule has 108 valence electrons. The van der Waals surface area contributed by atoms with Gasteiger partial charge >= 0.3 is 0 Å². The minimum absolute atomic E-state index is 0.496. The molecule has 0 radical (unpaired) electrons. The van der Waals surface area contributed by atoms with Gasteiger partial charge in [0.1, 0.15) is 0 Å². The van der Waals surface area contributed by atoms with Crippen LogP contribution < -0.4 is 5.32 Å². The Morgan fingerprint density at radius 2 is 2.20 bits per heavy atom. The summed E-state index contributed by atoms with van der Waals surface area (Å²) in [5, 5.41) is 5.02. The molecule has 1 aromatic carbocycles. The van der Waals surface area contributed by atoms with Crippen LogP contribution in [0.15, 0.2) is 30.3 Å². The van der Waals surface area contributed by atoms with Gasteiger partial charge in [0.15, 0.2) is 0 Å². The van der Waals surface area contributed by atoms with Gasteiger partial charge in [0.2, 0.25) is 0 Å². The maximum absolute atomic E-state index is 3.64. The van der Waals surface area contributed by atoms with Gasteiger partial charge in [0.25, 0.3) is 0 Å². The van der Waals surface area contributed by atoms with E-state index in [0.717, 1.165) is 6.54 Å². The van der Waals surface area contributed by atoms with Gasteiger partial charge in [-0.1, -0.05) is 24.6 Å². The molecule has 2 unspecified atom stereocenters. The summed E-state index contributed by atoms with van der Waals surface area (Å²) in [4.78, 5) is 3.97. The fourth-order valence-corrected chi connectivity index (χ4v) is 4.19. The molecule has 2 heterocycles. The lowest BCUT2D eigenvalue weighted by Gasteiger charge is -2.31. The van der Waals surface area contributed by atoms with Gasteiger partial charge in [-0.15, -0.1) is 11.3 Å². The number of fused-ring (bicyclic) bond motifs is 1. The minimum atomic E-state index is 0.496. The molecular weight excluding hydrogens is 264 g/mol. The third-order valence-electron chi connectivity index (χ3n) is 4.44. The predicted molar refractivity (Wildman–Crippen MR) is 88.5 cm³/mol. The summed E-state index contributed by atoms with van der Waals surface area (Å²) in [6.45, 7) is 4.67. The molecule has 20 heavy (non-hydrogen) atoms. The zero-order valence-electron chi connectivity index (χ0n) is 12.4. The number of benzene rings is 1. The Labute approximate surface area is 125 Å². The number of piperidine rings is 1. The first-order chi connectivity index (χ1) is 9.74. The van der Waals surface area contributed by atoms with Crippen LogP contribution in [0, 0.1) is 0 Å². The van der Waals surface area contributed by atoms with Crippen LogP contribution in [0.1, 0.15) is 37.1 Å². The van der Waals surface area contributed by atoms with Gasteiger partial charge in [-0.3, -0.25) is 4.90 Å². The maximum atomic E-state index is 3.64. The highest BCUT2D eigenvalue weighted by atomic mass is 32.1. The van der Waals surface area contributed by atoms with Crippen LogP contribution in [-0.2, 0) is 0 Å². The Balaban J connectivity index is 1.68. The highest BCUT2D eigenvalue weighted by Gasteiger charge is 2.19. The Morgan fingerprint density at radius 1 is 1.35 bits per heavy atom. The molecule has 3 rings (SSSR count). The standard InChI is InChI=1S/C17H24N2S/c1-13(19(2)12-15-8-5-6-10-18-15)17-11-14-7-3-4-9-16(14)20-17/h3-4,7,9,11,13,15,18H,5-6,8,10,12H2,1-2H3. The molecule has 3 heteroatoms. The summed E-state index contributed by atoms with van der Waals surface area (Å²) < 4.78 is 1.40. The Bertz CT molecular complexity index is 524. The van der Waals surface area contributed by atoms with Gasteiger partial charge in [0, 0.05) is 28.2 Å². The van der Waals surface area contributed by atoms with E-state index in [-0.39, 0.29) is 0 Å². The van der Waals surface area contributed by atoms with Crippen LogP contribution in [0.25, 0.3) is 10.1 Å². The van der Waals surface area contributed by atoms with Crippen LogP contribution in [0.5, 0.6) is 0 Å². The first kappa shape index (κ1) is 14.1. The summed E-state index contributed by atoms with van der Waals surface area (Å²) in [6, 6.07) is 12.2. The quantitative estimate of drug-likeness (QED) is 0.913. The van der Waals surface area contributed by atoms with Crippen molar-refractivity contribution in [3.8, 4) is 0 Å². The number of hydrogen-bond acceptors (Lipinski definition) is 3. The topological polar surface area (TPSA) is 15.3 Å². The fraction of sp³-hybridized carbons (Fsp3) is 0.529. The molecule has 1 aliphatic rings. The van der Waals surface area contributed by atoms with Crippen molar-refractivity contribution in [2.24, 2.45) is 0 Å². The highest BCUT2D eigenvalue weighted by Crippen LogP contribution is 2.32. The maximum Gasteiger partial charge on any atom is 0.0411 e. The van der Waals surface area contributed by atoms with E-state index in [1.165, 1.54) is 40.8 Å². The monoisotopic (exact) mass is 288 g/mol. The summed E-state index contributed by atoms with van der Waals surface area (Å²) in [7, 11) is 2.26. The summed E-state index contributed by atoms with van der Waals surface area (Å²) >= 11 is 1.93. The van der Waals surface area contributed by atoms with Gasteiger partial charge in [-0.25, -0.2) is 0 Å². The molecule has 2 aromatic rings. The van der Waals surface area contributed by atoms with Gasteiger partial charge in [-0.2, -0.15) is 0 Å². The van der Waals surface area contributed by atoms with Gasteiger partial charge < -0.3 is 5.32 Å². The van der Waals surface area contributed by atoms with E-state index in [9.17, 15) is 0 Å². The van der Waals surface area contributed by atoms with Crippen LogP contribution in [0.3, 0.4) is 0 Å².